The molecule has 0 aliphatic carbocycles. The second-order valence-electron chi connectivity index (χ2n) is 4.40. The number of sulfone groups is 1. The molecule has 1 aromatic carbocycles. The van der Waals surface area contributed by atoms with E-state index >= 15 is 0 Å². The lowest BCUT2D eigenvalue weighted by Crippen LogP contribution is -2.40. The Morgan fingerprint density at radius 1 is 1.14 bits per heavy atom. The average Bonchev–Trinajstić information content (AvgIpc) is 2.46. The Morgan fingerprint density at radius 3 is 2.33 bits per heavy atom. The van der Waals surface area contributed by atoms with Crippen molar-refractivity contribution in [3.8, 4) is 0 Å². The van der Waals surface area contributed by atoms with Gasteiger partial charge in [0.25, 0.3) is 0 Å². The van der Waals surface area contributed by atoms with Gasteiger partial charge in [-0.1, -0.05) is 37.3 Å². The van der Waals surface area contributed by atoms with Gasteiger partial charge in [-0.3, -0.25) is 4.99 Å². The zero-order chi connectivity index (χ0) is 14.8. The molecule has 1 rings (SSSR count). The van der Waals surface area contributed by atoms with Crippen LogP contribution in [0.3, 0.4) is 0 Å². The number of halogens is 1. The maximum Gasteiger partial charge on any atom is 0.191 e. The average molecular weight is 425 g/mol. The van der Waals surface area contributed by atoms with Crippen molar-refractivity contribution in [1.29, 1.82) is 0 Å². The normalized spacial score (nSPS) is 11.6. The standard InChI is InChI=1S/C14H23N3O2S.HI/c1-3-20(18,19)12-11-17-14(15-2)16-10-9-13-7-5-4-6-8-13;/h4-8H,3,9-12H2,1-2H3,(H2,15,16,17);1H. The van der Waals surface area contributed by atoms with E-state index in [2.05, 4.69) is 27.8 Å². The van der Waals surface area contributed by atoms with Crippen LogP contribution in [0.15, 0.2) is 35.3 Å². The van der Waals surface area contributed by atoms with Gasteiger partial charge in [0.15, 0.2) is 15.8 Å². The van der Waals surface area contributed by atoms with Crippen molar-refractivity contribution in [3.05, 3.63) is 35.9 Å². The predicted molar refractivity (Wildman–Crippen MR) is 99.3 cm³/mol. The van der Waals surface area contributed by atoms with Crippen molar-refractivity contribution in [3.63, 3.8) is 0 Å². The number of aliphatic imine (C=N–C) groups is 1. The predicted octanol–water partition coefficient (Wildman–Crippen LogP) is 1.45. The summed E-state index contributed by atoms with van der Waals surface area (Å²) >= 11 is 0. The molecule has 21 heavy (non-hydrogen) atoms. The molecule has 0 atom stereocenters. The summed E-state index contributed by atoms with van der Waals surface area (Å²) in [4.78, 5) is 4.06. The first-order valence-electron chi connectivity index (χ1n) is 6.76. The smallest absolute Gasteiger partial charge is 0.191 e. The molecular weight excluding hydrogens is 401 g/mol. The Hall–Kier alpha value is -0.830. The number of nitrogens with one attached hydrogen (secondary N) is 2. The molecule has 0 aromatic heterocycles. The first-order chi connectivity index (χ1) is 9.57. The highest BCUT2D eigenvalue weighted by Gasteiger charge is 2.07. The molecule has 0 saturated carbocycles. The molecular formula is C14H24IN3O2S. The van der Waals surface area contributed by atoms with Gasteiger partial charge in [0.05, 0.1) is 5.75 Å². The minimum atomic E-state index is -2.93. The Labute approximate surface area is 144 Å². The first kappa shape index (κ1) is 20.2. The third kappa shape index (κ3) is 8.92. The number of hydrogen-bond donors (Lipinski definition) is 2. The van der Waals surface area contributed by atoms with Crippen LogP contribution >= 0.6 is 24.0 Å². The fourth-order valence-corrected chi connectivity index (χ4v) is 2.36. The summed E-state index contributed by atoms with van der Waals surface area (Å²) in [5.74, 6) is 0.935. The lowest BCUT2D eigenvalue weighted by molar-refractivity contribution is 0.595. The van der Waals surface area contributed by atoms with E-state index in [9.17, 15) is 8.42 Å². The summed E-state index contributed by atoms with van der Waals surface area (Å²) in [6.07, 6.45) is 0.898. The maximum atomic E-state index is 11.4. The summed E-state index contributed by atoms with van der Waals surface area (Å²) < 4.78 is 22.7. The van der Waals surface area contributed by atoms with Crippen LogP contribution < -0.4 is 10.6 Å². The third-order valence-corrected chi connectivity index (χ3v) is 4.62. The summed E-state index contributed by atoms with van der Waals surface area (Å²) in [7, 11) is -1.26. The Morgan fingerprint density at radius 2 is 1.76 bits per heavy atom. The monoisotopic (exact) mass is 425 g/mol. The minimum absolute atomic E-state index is 0. The van der Waals surface area contributed by atoms with Gasteiger partial charge >= 0.3 is 0 Å². The second-order valence-corrected chi connectivity index (χ2v) is 6.87. The van der Waals surface area contributed by atoms with Crippen LogP contribution in [0.2, 0.25) is 0 Å². The van der Waals surface area contributed by atoms with Crippen LogP contribution in [-0.2, 0) is 16.3 Å². The molecule has 0 radical (unpaired) electrons. The van der Waals surface area contributed by atoms with Crippen LogP contribution in [0.25, 0.3) is 0 Å². The van der Waals surface area contributed by atoms with E-state index in [0.29, 0.717) is 12.5 Å². The van der Waals surface area contributed by atoms with Crippen LogP contribution in [0.4, 0.5) is 0 Å². The minimum Gasteiger partial charge on any atom is -0.356 e. The molecule has 0 unspecified atom stereocenters. The van der Waals surface area contributed by atoms with Gasteiger partial charge < -0.3 is 10.6 Å². The Kier molecular flexibility index (Phi) is 10.4. The molecule has 1 aromatic rings. The molecule has 0 fully saturated rings. The molecule has 0 heterocycles. The fourth-order valence-electron chi connectivity index (χ4n) is 1.66. The summed E-state index contributed by atoms with van der Waals surface area (Å²) in [6.45, 7) is 2.79. The number of guanidine groups is 1. The van der Waals surface area contributed by atoms with Gasteiger partial charge in [-0.15, -0.1) is 24.0 Å². The molecule has 2 N–H and O–H groups in total. The van der Waals surface area contributed by atoms with Gasteiger partial charge in [0.2, 0.25) is 0 Å². The first-order valence-corrected chi connectivity index (χ1v) is 8.58. The van der Waals surface area contributed by atoms with Crippen LogP contribution in [0.1, 0.15) is 12.5 Å². The Bertz CT molecular complexity index is 518. The summed E-state index contributed by atoms with van der Waals surface area (Å²) in [6, 6.07) is 10.2. The van der Waals surface area contributed by atoms with E-state index in [-0.39, 0.29) is 35.5 Å². The molecule has 0 aliphatic rings. The zero-order valence-electron chi connectivity index (χ0n) is 12.5. The zero-order valence-corrected chi connectivity index (χ0v) is 15.6. The molecule has 5 nitrogen and oxygen atoms in total. The van der Waals surface area contributed by atoms with E-state index in [4.69, 9.17) is 0 Å². The highest BCUT2D eigenvalue weighted by molar-refractivity contribution is 14.0. The largest absolute Gasteiger partial charge is 0.356 e. The van der Waals surface area contributed by atoms with Crippen molar-refractivity contribution in [1.82, 2.24) is 10.6 Å². The molecule has 0 aliphatic heterocycles. The molecule has 0 amide bonds. The second kappa shape index (κ2) is 10.8. The molecule has 7 heteroatoms. The van der Waals surface area contributed by atoms with Gasteiger partial charge in [-0.05, 0) is 12.0 Å². The van der Waals surface area contributed by atoms with Crippen molar-refractivity contribution in [2.24, 2.45) is 4.99 Å². The van der Waals surface area contributed by atoms with Gasteiger partial charge in [-0.25, -0.2) is 8.42 Å². The highest BCUT2D eigenvalue weighted by atomic mass is 127. The SMILES string of the molecule is CCS(=O)(=O)CCNC(=NC)NCCc1ccccc1.I. The van der Waals surface area contributed by atoms with Gasteiger partial charge in [0.1, 0.15) is 0 Å². The quantitative estimate of drug-likeness (QED) is 0.394. The van der Waals surface area contributed by atoms with Crippen LogP contribution in [0, 0.1) is 0 Å². The van der Waals surface area contributed by atoms with Crippen LogP contribution in [-0.4, -0.2) is 46.0 Å². The van der Waals surface area contributed by atoms with Crippen molar-refractivity contribution < 1.29 is 8.42 Å². The van der Waals surface area contributed by atoms with Crippen molar-refractivity contribution in [2.75, 3.05) is 31.6 Å². The molecule has 0 bridgehead atoms. The van der Waals surface area contributed by atoms with E-state index in [1.165, 1.54) is 5.56 Å². The van der Waals surface area contributed by atoms with E-state index in [1.54, 1.807) is 14.0 Å². The molecule has 0 saturated heterocycles. The molecule has 0 spiro atoms. The number of rotatable bonds is 7. The van der Waals surface area contributed by atoms with E-state index < -0.39 is 9.84 Å². The maximum absolute atomic E-state index is 11.4. The molecule has 120 valence electrons. The summed E-state index contributed by atoms with van der Waals surface area (Å²) in [5, 5.41) is 6.17. The van der Waals surface area contributed by atoms with Crippen molar-refractivity contribution >= 4 is 39.8 Å². The highest BCUT2D eigenvalue weighted by Crippen LogP contribution is 1.97. The lowest BCUT2D eigenvalue weighted by atomic mass is 10.1. The topological polar surface area (TPSA) is 70.6 Å². The van der Waals surface area contributed by atoms with Gasteiger partial charge in [-0.2, -0.15) is 0 Å². The fraction of sp³-hybridized carbons (Fsp3) is 0.500. The lowest BCUT2D eigenvalue weighted by Gasteiger charge is -2.11. The van der Waals surface area contributed by atoms with Gasteiger partial charge in [0, 0.05) is 25.9 Å². The summed E-state index contributed by atoms with van der Waals surface area (Å²) in [5.41, 5.74) is 1.25. The Balaban J connectivity index is 0.00000400. The number of nitrogens with zero attached hydrogens (tertiary/aromatic N) is 1. The van der Waals surface area contributed by atoms with Crippen molar-refractivity contribution in [2.45, 2.75) is 13.3 Å². The van der Waals surface area contributed by atoms with E-state index in [0.717, 1.165) is 13.0 Å². The number of benzene rings is 1. The van der Waals surface area contributed by atoms with Crippen LogP contribution in [0.5, 0.6) is 0 Å². The number of hydrogen-bond acceptors (Lipinski definition) is 3. The van der Waals surface area contributed by atoms with E-state index in [1.807, 2.05) is 18.2 Å². The third-order valence-electron chi connectivity index (χ3n) is 2.92.